The summed E-state index contributed by atoms with van der Waals surface area (Å²) < 4.78 is 31.8. The monoisotopic (exact) mass is 265 g/mol. The van der Waals surface area contributed by atoms with E-state index in [9.17, 15) is 8.42 Å². The predicted octanol–water partition coefficient (Wildman–Crippen LogP) is -1.03. The predicted molar refractivity (Wildman–Crippen MR) is 67.3 cm³/mol. The van der Waals surface area contributed by atoms with Crippen molar-refractivity contribution in [3.8, 4) is 0 Å². The zero-order valence-electron chi connectivity index (χ0n) is 10.6. The molecule has 0 aliphatic carbocycles. The summed E-state index contributed by atoms with van der Waals surface area (Å²) in [6, 6.07) is 0. The molecule has 0 aromatic carbocycles. The minimum absolute atomic E-state index is 0.0706. The van der Waals surface area contributed by atoms with Crippen molar-refractivity contribution in [2.24, 2.45) is 5.73 Å². The molecule has 0 radical (unpaired) electrons. The Kier molecular flexibility index (Phi) is 5.81. The highest BCUT2D eigenvalue weighted by Crippen LogP contribution is 2.05. The van der Waals surface area contributed by atoms with Crippen LogP contribution in [0.1, 0.15) is 13.3 Å². The molecule has 0 bridgehead atoms. The molecule has 0 spiro atoms. The topological polar surface area (TPSA) is 84.7 Å². The van der Waals surface area contributed by atoms with Crippen molar-refractivity contribution in [2.75, 3.05) is 39.8 Å². The van der Waals surface area contributed by atoms with E-state index < -0.39 is 15.3 Å². The van der Waals surface area contributed by atoms with Crippen molar-refractivity contribution in [1.29, 1.82) is 0 Å². The normalized spacial score (nSPS) is 24.8. The summed E-state index contributed by atoms with van der Waals surface area (Å²) in [5.74, 6) is 0. The summed E-state index contributed by atoms with van der Waals surface area (Å²) in [4.78, 5) is 2.13. The van der Waals surface area contributed by atoms with Crippen molar-refractivity contribution < 1.29 is 13.2 Å². The molecule has 1 heterocycles. The van der Waals surface area contributed by atoms with Gasteiger partial charge in [-0.15, -0.1) is 0 Å². The largest absolute Gasteiger partial charge is 0.374 e. The first kappa shape index (κ1) is 14.8. The Morgan fingerprint density at radius 2 is 2.29 bits per heavy atom. The molecule has 3 N–H and O–H groups in total. The lowest BCUT2D eigenvalue weighted by atomic mass is 10.3. The Morgan fingerprint density at radius 3 is 2.82 bits per heavy atom. The van der Waals surface area contributed by atoms with E-state index in [1.165, 1.54) is 0 Å². The molecule has 1 rings (SSSR count). The van der Waals surface area contributed by atoms with Gasteiger partial charge < -0.3 is 15.4 Å². The van der Waals surface area contributed by atoms with Gasteiger partial charge in [-0.1, -0.05) is 6.92 Å². The average Bonchev–Trinajstić information content (AvgIpc) is 2.28. The highest BCUT2D eigenvalue weighted by Gasteiger charge is 2.25. The zero-order chi connectivity index (χ0) is 12.9. The summed E-state index contributed by atoms with van der Waals surface area (Å²) in [6.07, 6.45) is 0.455. The van der Waals surface area contributed by atoms with Crippen molar-refractivity contribution in [2.45, 2.75) is 24.7 Å². The molecule has 1 fully saturated rings. The van der Waals surface area contributed by atoms with E-state index in [4.69, 9.17) is 10.5 Å². The maximum Gasteiger partial charge on any atom is 0.215 e. The Morgan fingerprint density at radius 1 is 1.59 bits per heavy atom. The van der Waals surface area contributed by atoms with Crippen LogP contribution in [0, 0.1) is 0 Å². The molecule has 2 unspecified atom stereocenters. The lowest BCUT2D eigenvalue weighted by Crippen LogP contribution is -2.48. The molecular formula is C10H23N3O3S. The minimum atomic E-state index is -3.31. The number of likely N-dealkylation sites (N-methyl/N-ethyl adjacent to an activating group) is 1. The number of ether oxygens (including phenoxy) is 1. The summed E-state index contributed by atoms with van der Waals surface area (Å²) >= 11 is 0. The summed E-state index contributed by atoms with van der Waals surface area (Å²) in [6.45, 7) is 4.59. The number of sulfonamides is 1. The molecule has 7 heteroatoms. The van der Waals surface area contributed by atoms with Crippen LogP contribution in [-0.2, 0) is 14.8 Å². The lowest BCUT2D eigenvalue weighted by molar-refractivity contribution is -0.0156. The molecular weight excluding hydrogens is 242 g/mol. The van der Waals surface area contributed by atoms with Crippen molar-refractivity contribution in [1.82, 2.24) is 9.62 Å². The van der Waals surface area contributed by atoms with Gasteiger partial charge in [-0.05, 0) is 13.5 Å². The molecule has 0 amide bonds. The van der Waals surface area contributed by atoms with Crippen LogP contribution in [0.3, 0.4) is 0 Å². The zero-order valence-corrected chi connectivity index (χ0v) is 11.4. The third kappa shape index (κ3) is 4.51. The number of morpholine rings is 1. The molecule has 6 nitrogen and oxygen atoms in total. The van der Waals surface area contributed by atoms with Gasteiger partial charge in [-0.25, -0.2) is 13.1 Å². The summed E-state index contributed by atoms with van der Waals surface area (Å²) in [5.41, 5.74) is 5.44. The Balaban J connectivity index is 2.43. The molecule has 1 saturated heterocycles. The van der Waals surface area contributed by atoms with Gasteiger partial charge in [0.2, 0.25) is 10.0 Å². The second-order valence-electron chi connectivity index (χ2n) is 4.41. The molecule has 102 valence electrons. The van der Waals surface area contributed by atoms with E-state index in [2.05, 4.69) is 9.62 Å². The van der Waals surface area contributed by atoms with Gasteiger partial charge in [0.15, 0.2) is 0 Å². The van der Waals surface area contributed by atoms with E-state index in [1.807, 2.05) is 14.0 Å². The first-order chi connectivity index (χ1) is 7.99. The third-order valence-electron chi connectivity index (χ3n) is 3.01. The summed E-state index contributed by atoms with van der Waals surface area (Å²) in [7, 11) is -1.31. The summed E-state index contributed by atoms with van der Waals surface area (Å²) in [5, 5.41) is -0.510. The minimum Gasteiger partial charge on any atom is -0.374 e. The fourth-order valence-corrected chi connectivity index (χ4v) is 3.18. The van der Waals surface area contributed by atoms with E-state index in [0.717, 1.165) is 13.1 Å². The van der Waals surface area contributed by atoms with E-state index in [0.29, 0.717) is 19.6 Å². The van der Waals surface area contributed by atoms with Gasteiger partial charge in [0, 0.05) is 26.2 Å². The second kappa shape index (κ2) is 6.65. The number of rotatable bonds is 6. The third-order valence-corrected chi connectivity index (χ3v) is 4.98. The number of hydrogen-bond donors (Lipinski definition) is 2. The van der Waals surface area contributed by atoms with Crippen molar-refractivity contribution >= 4 is 10.0 Å². The number of nitrogens with zero attached hydrogens (tertiary/aromatic N) is 1. The lowest BCUT2D eigenvalue weighted by Gasteiger charge is -2.30. The van der Waals surface area contributed by atoms with E-state index in [-0.39, 0.29) is 12.6 Å². The quantitative estimate of drug-likeness (QED) is 0.642. The van der Waals surface area contributed by atoms with Crippen LogP contribution in [0.4, 0.5) is 0 Å². The van der Waals surface area contributed by atoms with Gasteiger partial charge in [-0.3, -0.25) is 0 Å². The molecule has 0 aromatic heterocycles. The van der Waals surface area contributed by atoms with Crippen molar-refractivity contribution in [3.63, 3.8) is 0 Å². The first-order valence-corrected chi connectivity index (χ1v) is 7.53. The standard InChI is InChI=1S/C10H23N3O3S/c1-3-10(6-11)17(14,15)12-7-9-8-13(2)4-5-16-9/h9-10,12H,3-8,11H2,1-2H3. The van der Waals surface area contributed by atoms with Crippen LogP contribution in [0.5, 0.6) is 0 Å². The van der Waals surface area contributed by atoms with Gasteiger partial charge in [0.25, 0.3) is 0 Å². The maximum atomic E-state index is 11.9. The number of nitrogens with one attached hydrogen (secondary N) is 1. The fraction of sp³-hybridized carbons (Fsp3) is 1.00. The highest BCUT2D eigenvalue weighted by atomic mass is 32.2. The Bertz CT molecular complexity index is 317. The molecule has 2 atom stereocenters. The van der Waals surface area contributed by atoms with Gasteiger partial charge >= 0.3 is 0 Å². The second-order valence-corrected chi connectivity index (χ2v) is 6.46. The van der Waals surface area contributed by atoms with Gasteiger partial charge in [0.1, 0.15) is 0 Å². The van der Waals surface area contributed by atoms with Crippen LogP contribution in [0.15, 0.2) is 0 Å². The van der Waals surface area contributed by atoms with Crippen LogP contribution in [-0.4, -0.2) is 64.5 Å². The first-order valence-electron chi connectivity index (χ1n) is 5.98. The smallest absolute Gasteiger partial charge is 0.215 e. The fourth-order valence-electron chi connectivity index (χ4n) is 1.83. The van der Waals surface area contributed by atoms with E-state index in [1.54, 1.807) is 0 Å². The molecule has 1 aliphatic rings. The van der Waals surface area contributed by atoms with E-state index >= 15 is 0 Å². The van der Waals surface area contributed by atoms with Crippen molar-refractivity contribution in [3.05, 3.63) is 0 Å². The molecule has 17 heavy (non-hydrogen) atoms. The Hall–Kier alpha value is -0.210. The average molecular weight is 265 g/mol. The van der Waals surface area contributed by atoms with Crippen LogP contribution in [0.2, 0.25) is 0 Å². The number of hydrogen-bond acceptors (Lipinski definition) is 5. The highest BCUT2D eigenvalue weighted by molar-refractivity contribution is 7.90. The molecule has 0 aromatic rings. The number of nitrogens with two attached hydrogens (primary N) is 1. The molecule has 1 aliphatic heterocycles. The van der Waals surface area contributed by atoms with Crippen LogP contribution in [0.25, 0.3) is 0 Å². The maximum absolute atomic E-state index is 11.9. The van der Waals surface area contributed by atoms with Crippen LogP contribution >= 0.6 is 0 Å². The Labute approximate surface area is 104 Å². The SMILES string of the molecule is CCC(CN)S(=O)(=O)NCC1CN(C)CCO1. The van der Waals surface area contributed by atoms with Gasteiger partial charge in [0.05, 0.1) is 18.0 Å². The van der Waals surface area contributed by atoms with Gasteiger partial charge in [-0.2, -0.15) is 0 Å². The molecule has 0 saturated carbocycles. The van der Waals surface area contributed by atoms with Crippen LogP contribution < -0.4 is 10.5 Å².